The summed E-state index contributed by atoms with van der Waals surface area (Å²) in [5.41, 5.74) is 5.91. The largest absolute Gasteiger partial charge is 0.480 e. The maximum atomic E-state index is 12.9. The van der Waals surface area contributed by atoms with Gasteiger partial charge in [0.05, 0.1) is 12.1 Å². The second-order valence-corrected chi connectivity index (χ2v) is 9.32. The Labute approximate surface area is 187 Å². The summed E-state index contributed by atoms with van der Waals surface area (Å²) in [6, 6.07) is -3.99. The highest BCUT2D eigenvalue weighted by Crippen LogP contribution is 2.19. The predicted octanol–water partition coefficient (Wildman–Crippen LogP) is -0.461. The molecule has 1 rings (SSSR count). The maximum absolute atomic E-state index is 12.9. The number of carbonyl (C=O) groups is 4. The van der Waals surface area contributed by atoms with Gasteiger partial charge in [0, 0.05) is 6.54 Å². The van der Waals surface area contributed by atoms with E-state index >= 15 is 0 Å². The Bertz CT molecular complexity index is 645. The van der Waals surface area contributed by atoms with Crippen LogP contribution in [0.3, 0.4) is 0 Å². The minimum atomic E-state index is -1.31. The Balaban J connectivity index is 2.92. The highest BCUT2D eigenvalue weighted by Gasteiger charge is 2.40. The summed E-state index contributed by atoms with van der Waals surface area (Å²) in [6.45, 7) is 5.47. The Morgan fingerprint density at radius 2 is 1.81 bits per heavy atom. The van der Waals surface area contributed by atoms with Crippen LogP contribution >= 0.6 is 11.8 Å². The van der Waals surface area contributed by atoms with E-state index < -0.39 is 54.0 Å². The normalized spacial score (nSPS) is 20.1. The first-order chi connectivity index (χ1) is 14.5. The van der Waals surface area contributed by atoms with Gasteiger partial charge in [0.25, 0.3) is 0 Å². The zero-order chi connectivity index (χ0) is 23.7. The molecule has 1 aliphatic heterocycles. The first-order valence-electron chi connectivity index (χ1n) is 10.6. The number of hydrogen-bond donors (Lipinski definition) is 5. The molecule has 178 valence electrons. The van der Waals surface area contributed by atoms with Gasteiger partial charge in [0.15, 0.2) is 0 Å². The van der Waals surface area contributed by atoms with E-state index in [0.717, 1.165) is 0 Å². The van der Waals surface area contributed by atoms with E-state index in [-0.39, 0.29) is 12.5 Å². The lowest BCUT2D eigenvalue weighted by atomic mass is 10.0. The predicted molar refractivity (Wildman–Crippen MR) is 118 cm³/mol. The fourth-order valence-electron chi connectivity index (χ4n) is 3.51. The van der Waals surface area contributed by atoms with Crippen LogP contribution in [-0.2, 0) is 19.2 Å². The highest BCUT2D eigenvalue weighted by atomic mass is 32.2. The molecular formula is C20H36N4O6S. The lowest BCUT2D eigenvalue weighted by Gasteiger charge is -2.30. The van der Waals surface area contributed by atoms with Crippen molar-refractivity contribution in [1.82, 2.24) is 15.5 Å². The minimum Gasteiger partial charge on any atom is -0.480 e. The highest BCUT2D eigenvalue weighted by molar-refractivity contribution is 7.98. The number of amides is 3. The zero-order valence-electron chi connectivity index (χ0n) is 18.7. The van der Waals surface area contributed by atoms with Gasteiger partial charge >= 0.3 is 5.97 Å². The molecule has 0 aromatic rings. The van der Waals surface area contributed by atoms with E-state index in [9.17, 15) is 29.4 Å². The van der Waals surface area contributed by atoms with Gasteiger partial charge in [-0.15, -0.1) is 0 Å². The number of hydrogen-bond acceptors (Lipinski definition) is 7. The van der Waals surface area contributed by atoms with Crippen molar-refractivity contribution in [2.75, 3.05) is 18.6 Å². The average Bonchev–Trinajstić information content (AvgIpc) is 3.17. The number of nitrogens with two attached hydrogens (primary N) is 1. The smallest absolute Gasteiger partial charge is 0.326 e. The number of carboxylic acid groups (broad SMARTS) is 1. The molecule has 0 radical (unpaired) electrons. The van der Waals surface area contributed by atoms with Crippen molar-refractivity contribution in [1.29, 1.82) is 0 Å². The quantitative estimate of drug-likeness (QED) is 0.261. The van der Waals surface area contributed by atoms with Crippen LogP contribution in [0.1, 0.15) is 46.5 Å². The van der Waals surface area contributed by atoms with E-state index in [1.165, 1.54) is 23.6 Å². The molecule has 0 bridgehead atoms. The first kappa shape index (κ1) is 27.2. The third kappa shape index (κ3) is 8.30. The van der Waals surface area contributed by atoms with Crippen molar-refractivity contribution in [3.63, 3.8) is 0 Å². The van der Waals surface area contributed by atoms with E-state index in [0.29, 0.717) is 31.4 Å². The standard InChI is InChI=1S/C20H36N4O6S/c1-11(2)10-13(21)17(26)22-14(7-9-31-4)18(27)23-16(12(3)25)19(28)24-8-5-6-15(24)20(29)30/h11-16,25H,5-10,21H2,1-4H3,(H,22,26)(H,23,27)(H,29,30). The molecule has 0 aliphatic carbocycles. The summed E-state index contributed by atoms with van der Waals surface area (Å²) in [6.07, 6.45) is 2.25. The summed E-state index contributed by atoms with van der Waals surface area (Å²) >= 11 is 1.50. The molecule has 3 amide bonds. The van der Waals surface area contributed by atoms with Crippen LogP contribution in [0.4, 0.5) is 0 Å². The monoisotopic (exact) mass is 460 g/mol. The van der Waals surface area contributed by atoms with Crippen LogP contribution in [0.25, 0.3) is 0 Å². The zero-order valence-corrected chi connectivity index (χ0v) is 19.5. The number of aliphatic hydroxyl groups excluding tert-OH is 1. The number of carboxylic acids is 1. The van der Waals surface area contributed by atoms with Crippen molar-refractivity contribution in [3.8, 4) is 0 Å². The summed E-state index contributed by atoms with van der Waals surface area (Å²) in [7, 11) is 0. The van der Waals surface area contributed by atoms with Crippen LogP contribution in [0.2, 0.25) is 0 Å². The Morgan fingerprint density at radius 3 is 2.32 bits per heavy atom. The molecule has 5 atom stereocenters. The third-order valence-electron chi connectivity index (χ3n) is 5.17. The topological polar surface area (TPSA) is 162 Å². The van der Waals surface area contributed by atoms with Crippen LogP contribution in [0.15, 0.2) is 0 Å². The molecule has 0 spiro atoms. The fourth-order valence-corrected chi connectivity index (χ4v) is 3.98. The van der Waals surface area contributed by atoms with Gasteiger partial charge in [-0.05, 0) is 50.5 Å². The van der Waals surface area contributed by atoms with E-state index in [4.69, 9.17) is 5.73 Å². The SMILES string of the molecule is CSCCC(NC(=O)C(N)CC(C)C)C(=O)NC(C(=O)N1CCCC1C(=O)O)C(C)O. The lowest BCUT2D eigenvalue weighted by Crippen LogP contribution is -2.60. The van der Waals surface area contributed by atoms with Crippen LogP contribution in [0.5, 0.6) is 0 Å². The molecule has 1 fully saturated rings. The molecule has 10 nitrogen and oxygen atoms in total. The van der Waals surface area contributed by atoms with E-state index in [1.807, 2.05) is 20.1 Å². The lowest BCUT2D eigenvalue weighted by molar-refractivity contribution is -0.150. The van der Waals surface area contributed by atoms with Crippen molar-refractivity contribution in [3.05, 3.63) is 0 Å². The minimum absolute atomic E-state index is 0.208. The van der Waals surface area contributed by atoms with Crippen molar-refractivity contribution < 1.29 is 29.4 Å². The van der Waals surface area contributed by atoms with Gasteiger partial charge in [-0.1, -0.05) is 13.8 Å². The number of likely N-dealkylation sites (tertiary alicyclic amines) is 1. The first-order valence-corrected chi connectivity index (χ1v) is 12.0. The molecule has 0 aromatic heterocycles. The molecule has 1 saturated heterocycles. The number of aliphatic hydroxyl groups is 1. The molecule has 1 aliphatic rings. The molecule has 0 saturated carbocycles. The van der Waals surface area contributed by atoms with Gasteiger partial charge < -0.3 is 31.5 Å². The fraction of sp³-hybridized carbons (Fsp3) is 0.800. The van der Waals surface area contributed by atoms with E-state index in [1.54, 1.807) is 0 Å². The molecule has 11 heteroatoms. The van der Waals surface area contributed by atoms with E-state index in [2.05, 4.69) is 10.6 Å². The molecule has 0 aromatic carbocycles. The van der Waals surface area contributed by atoms with Crippen LogP contribution in [-0.4, -0.2) is 87.6 Å². The summed E-state index contributed by atoms with van der Waals surface area (Å²) in [4.78, 5) is 50.8. The number of carbonyl (C=O) groups excluding carboxylic acids is 3. The number of nitrogens with zero attached hydrogens (tertiary/aromatic N) is 1. The molecule has 1 heterocycles. The Morgan fingerprint density at radius 1 is 1.16 bits per heavy atom. The molecule has 5 unspecified atom stereocenters. The van der Waals surface area contributed by atoms with Gasteiger partial charge in [0.2, 0.25) is 17.7 Å². The number of rotatable bonds is 12. The summed E-state index contributed by atoms with van der Waals surface area (Å²) in [5, 5.41) is 24.6. The van der Waals surface area contributed by atoms with Gasteiger partial charge in [0.1, 0.15) is 18.1 Å². The number of aliphatic carboxylic acids is 1. The van der Waals surface area contributed by atoms with Crippen molar-refractivity contribution in [2.45, 2.75) is 76.7 Å². The third-order valence-corrected chi connectivity index (χ3v) is 5.82. The second-order valence-electron chi connectivity index (χ2n) is 8.33. The number of thioether (sulfide) groups is 1. The summed E-state index contributed by atoms with van der Waals surface area (Å²) < 4.78 is 0. The maximum Gasteiger partial charge on any atom is 0.326 e. The number of nitrogens with one attached hydrogen (secondary N) is 2. The van der Waals surface area contributed by atoms with Crippen LogP contribution < -0.4 is 16.4 Å². The Hall–Kier alpha value is -1.85. The Kier molecular flexibility index (Phi) is 11.3. The molecule has 6 N–H and O–H groups in total. The van der Waals surface area contributed by atoms with Crippen molar-refractivity contribution in [2.24, 2.45) is 11.7 Å². The molecular weight excluding hydrogens is 424 g/mol. The molecule has 31 heavy (non-hydrogen) atoms. The second kappa shape index (κ2) is 12.9. The average molecular weight is 461 g/mol. The summed E-state index contributed by atoms with van der Waals surface area (Å²) in [5.74, 6) is -2.06. The van der Waals surface area contributed by atoms with Crippen molar-refractivity contribution >= 4 is 35.5 Å². The van der Waals surface area contributed by atoms with Gasteiger partial charge in [-0.3, -0.25) is 14.4 Å². The van der Waals surface area contributed by atoms with Gasteiger partial charge in [-0.2, -0.15) is 11.8 Å². The van der Waals surface area contributed by atoms with Gasteiger partial charge in [-0.25, -0.2) is 4.79 Å². The van der Waals surface area contributed by atoms with Crippen LogP contribution in [0, 0.1) is 5.92 Å².